The summed E-state index contributed by atoms with van der Waals surface area (Å²) in [5.74, 6) is 0. The van der Waals surface area contributed by atoms with Gasteiger partial charge < -0.3 is 0 Å². The predicted molar refractivity (Wildman–Crippen MR) is 74.8 cm³/mol. The van der Waals surface area contributed by atoms with Gasteiger partial charge in [-0.1, -0.05) is 15.9 Å². The number of alkyl halides is 1. The maximum absolute atomic E-state index is 3.70. The molecule has 0 amide bonds. The Kier molecular flexibility index (Phi) is 3.87. The first-order valence-electron chi connectivity index (χ1n) is 3.81. The Morgan fingerprint density at radius 3 is 1.57 bits per heavy atom. The van der Waals surface area contributed by atoms with Gasteiger partial charge in [-0.2, -0.15) is 0 Å². The lowest BCUT2D eigenvalue weighted by Gasteiger charge is -2.03. The monoisotopic (exact) mass is 414 g/mol. The van der Waals surface area contributed by atoms with Gasteiger partial charge in [0.2, 0.25) is 0 Å². The first-order chi connectivity index (χ1) is 6.66. The molecule has 0 saturated heterocycles. The van der Waals surface area contributed by atoms with Crippen LogP contribution in [0.1, 0.15) is 14.6 Å². The van der Waals surface area contributed by atoms with E-state index in [0.29, 0.717) is 4.83 Å². The van der Waals surface area contributed by atoms with Crippen LogP contribution >= 0.6 is 70.5 Å². The molecule has 14 heavy (non-hydrogen) atoms. The quantitative estimate of drug-likeness (QED) is 0.541. The molecule has 0 aromatic carbocycles. The average Bonchev–Trinajstić information content (AvgIpc) is 2.73. The second-order valence-electron chi connectivity index (χ2n) is 2.65. The zero-order valence-electron chi connectivity index (χ0n) is 6.84. The summed E-state index contributed by atoms with van der Waals surface area (Å²) in [5, 5.41) is 0. The van der Waals surface area contributed by atoms with E-state index < -0.39 is 0 Å². The van der Waals surface area contributed by atoms with Crippen molar-refractivity contribution >= 4 is 70.5 Å². The SMILES string of the molecule is Brc1ccc(C(Br)c2ccc(Br)s2)s1. The second kappa shape index (κ2) is 4.78. The molecular weight excluding hydrogens is 412 g/mol. The van der Waals surface area contributed by atoms with Crippen molar-refractivity contribution < 1.29 is 0 Å². The van der Waals surface area contributed by atoms with Gasteiger partial charge in [0.15, 0.2) is 0 Å². The molecule has 0 saturated carbocycles. The van der Waals surface area contributed by atoms with Gasteiger partial charge in [0, 0.05) is 9.75 Å². The molecule has 0 aliphatic carbocycles. The first-order valence-corrected chi connectivity index (χ1v) is 7.95. The molecule has 0 radical (unpaired) electrons. The van der Waals surface area contributed by atoms with Crippen LogP contribution in [0.2, 0.25) is 0 Å². The van der Waals surface area contributed by atoms with Crippen LogP contribution in [0, 0.1) is 0 Å². The van der Waals surface area contributed by atoms with E-state index in [-0.39, 0.29) is 0 Å². The van der Waals surface area contributed by atoms with Crippen LogP contribution in [0.25, 0.3) is 0 Å². The Labute approximate surface area is 116 Å². The molecule has 0 N–H and O–H groups in total. The van der Waals surface area contributed by atoms with Crippen LogP contribution in [0.5, 0.6) is 0 Å². The van der Waals surface area contributed by atoms with Gasteiger partial charge in [-0.3, -0.25) is 0 Å². The Morgan fingerprint density at radius 1 is 0.857 bits per heavy atom. The van der Waals surface area contributed by atoms with Gasteiger partial charge in [0.05, 0.1) is 12.4 Å². The molecule has 2 heterocycles. The van der Waals surface area contributed by atoms with Gasteiger partial charge in [0.25, 0.3) is 0 Å². The first kappa shape index (κ1) is 11.3. The van der Waals surface area contributed by atoms with Crippen LogP contribution in [0.15, 0.2) is 31.8 Å². The lowest BCUT2D eigenvalue weighted by atomic mass is 10.3. The van der Waals surface area contributed by atoms with E-state index in [4.69, 9.17) is 0 Å². The van der Waals surface area contributed by atoms with E-state index in [2.05, 4.69) is 72.1 Å². The van der Waals surface area contributed by atoms with Gasteiger partial charge in [0.1, 0.15) is 0 Å². The third-order valence-electron chi connectivity index (χ3n) is 1.69. The summed E-state index contributed by atoms with van der Waals surface area (Å²) >= 11 is 14.2. The molecule has 0 aliphatic heterocycles. The van der Waals surface area contributed by atoms with Crippen LogP contribution in [-0.4, -0.2) is 0 Å². The van der Waals surface area contributed by atoms with E-state index in [1.165, 1.54) is 17.3 Å². The molecule has 0 bridgehead atoms. The minimum Gasteiger partial charge on any atom is -0.132 e. The van der Waals surface area contributed by atoms with Crippen molar-refractivity contribution in [3.63, 3.8) is 0 Å². The van der Waals surface area contributed by atoms with Crippen molar-refractivity contribution in [2.75, 3.05) is 0 Å². The van der Waals surface area contributed by atoms with Crippen molar-refractivity contribution in [1.29, 1.82) is 0 Å². The molecule has 0 nitrogen and oxygen atoms in total. The Balaban J connectivity index is 2.28. The van der Waals surface area contributed by atoms with Crippen LogP contribution in [0.3, 0.4) is 0 Å². The fourth-order valence-corrected chi connectivity index (χ4v) is 4.85. The third kappa shape index (κ3) is 2.50. The topological polar surface area (TPSA) is 0 Å². The molecule has 0 unspecified atom stereocenters. The predicted octanol–water partition coefficient (Wildman–Crippen LogP) is 5.82. The Bertz CT molecular complexity index is 392. The summed E-state index contributed by atoms with van der Waals surface area (Å²) in [4.78, 5) is 2.97. The lowest BCUT2D eigenvalue weighted by molar-refractivity contribution is 1.29. The van der Waals surface area contributed by atoms with E-state index in [1.54, 1.807) is 22.7 Å². The normalized spacial score (nSPS) is 11.1. The van der Waals surface area contributed by atoms with E-state index in [9.17, 15) is 0 Å². The molecule has 2 rings (SSSR count). The van der Waals surface area contributed by atoms with Crippen molar-refractivity contribution in [3.05, 3.63) is 41.6 Å². The minimum absolute atomic E-state index is 0.315. The highest BCUT2D eigenvalue weighted by molar-refractivity contribution is 9.11. The van der Waals surface area contributed by atoms with E-state index in [0.717, 1.165) is 0 Å². The summed E-state index contributed by atoms with van der Waals surface area (Å²) in [6, 6.07) is 8.44. The van der Waals surface area contributed by atoms with Gasteiger partial charge in [-0.15, -0.1) is 22.7 Å². The Hall–Kier alpha value is 0.840. The summed E-state index contributed by atoms with van der Waals surface area (Å²) < 4.78 is 2.35. The second-order valence-corrected chi connectivity index (χ2v) is 8.55. The van der Waals surface area contributed by atoms with Crippen molar-refractivity contribution in [3.8, 4) is 0 Å². The summed E-state index contributed by atoms with van der Waals surface area (Å²) in [5.41, 5.74) is 0. The van der Waals surface area contributed by atoms with Crippen molar-refractivity contribution in [2.45, 2.75) is 4.83 Å². The molecule has 0 fully saturated rings. The molecular formula is C9H5Br3S2. The average molecular weight is 417 g/mol. The number of rotatable bonds is 2. The fourth-order valence-electron chi connectivity index (χ4n) is 1.07. The molecule has 0 atom stereocenters. The Morgan fingerprint density at radius 2 is 1.29 bits per heavy atom. The van der Waals surface area contributed by atoms with Crippen molar-refractivity contribution in [2.24, 2.45) is 0 Å². The van der Waals surface area contributed by atoms with Crippen LogP contribution in [-0.2, 0) is 0 Å². The van der Waals surface area contributed by atoms with E-state index in [1.807, 2.05) is 0 Å². The van der Waals surface area contributed by atoms with Gasteiger partial charge in [-0.25, -0.2) is 0 Å². The standard InChI is InChI=1S/C9H5Br3S2/c10-7-3-1-5(13-7)9(12)6-2-4-8(11)14-6/h1-4,9H. The molecule has 74 valence electrons. The highest BCUT2D eigenvalue weighted by Gasteiger charge is 2.14. The van der Waals surface area contributed by atoms with Crippen LogP contribution < -0.4 is 0 Å². The highest BCUT2D eigenvalue weighted by Crippen LogP contribution is 2.40. The zero-order valence-corrected chi connectivity index (χ0v) is 13.2. The highest BCUT2D eigenvalue weighted by atomic mass is 79.9. The zero-order chi connectivity index (χ0) is 10.1. The van der Waals surface area contributed by atoms with Crippen molar-refractivity contribution in [1.82, 2.24) is 0 Å². The summed E-state index contributed by atoms with van der Waals surface area (Å²) in [7, 11) is 0. The fraction of sp³-hybridized carbons (Fsp3) is 0.111. The van der Waals surface area contributed by atoms with E-state index >= 15 is 0 Å². The van der Waals surface area contributed by atoms with Gasteiger partial charge in [-0.05, 0) is 56.1 Å². The number of hydrogen-bond donors (Lipinski definition) is 0. The van der Waals surface area contributed by atoms with Crippen LogP contribution in [0.4, 0.5) is 0 Å². The molecule has 2 aromatic rings. The smallest absolute Gasteiger partial charge is 0.0831 e. The molecule has 0 aliphatic rings. The summed E-state index contributed by atoms with van der Waals surface area (Å²) in [6.45, 7) is 0. The summed E-state index contributed by atoms with van der Waals surface area (Å²) in [6.07, 6.45) is 0. The largest absolute Gasteiger partial charge is 0.132 e. The number of thiophene rings is 2. The van der Waals surface area contributed by atoms with Gasteiger partial charge >= 0.3 is 0 Å². The maximum Gasteiger partial charge on any atom is 0.0831 e. The number of hydrogen-bond acceptors (Lipinski definition) is 2. The molecule has 2 aromatic heterocycles. The molecule has 0 spiro atoms. The lowest BCUT2D eigenvalue weighted by Crippen LogP contribution is -1.82. The minimum atomic E-state index is 0.315. The maximum atomic E-state index is 3.70. The number of halogens is 3. The molecule has 5 heteroatoms. The third-order valence-corrected chi connectivity index (χ3v) is 6.66.